The van der Waals surface area contributed by atoms with Crippen LogP contribution in [0.25, 0.3) is 0 Å². The van der Waals surface area contributed by atoms with Crippen molar-refractivity contribution in [3.63, 3.8) is 0 Å². The van der Waals surface area contributed by atoms with Crippen molar-refractivity contribution in [3.05, 3.63) is 54.1 Å². The molecule has 2 aromatic carbocycles. The number of rotatable bonds is 6. The Morgan fingerprint density at radius 3 is 2.46 bits per heavy atom. The zero-order valence-electron chi connectivity index (χ0n) is 15.9. The third-order valence-electron chi connectivity index (χ3n) is 4.74. The molecule has 1 N–H and O–H groups in total. The van der Waals surface area contributed by atoms with Crippen molar-refractivity contribution in [2.45, 2.75) is 19.0 Å². The summed E-state index contributed by atoms with van der Waals surface area (Å²) in [6.07, 6.45) is 0.568. The van der Waals surface area contributed by atoms with E-state index in [1.165, 1.54) is 0 Å². The van der Waals surface area contributed by atoms with Gasteiger partial charge in [-0.1, -0.05) is 18.2 Å². The quantitative estimate of drug-likeness (QED) is 0.720. The van der Waals surface area contributed by atoms with E-state index >= 15 is 0 Å². The van der Waals surface area contributed by atoms with Crippen LogP contribution >= 0.6 is 12.2 Å². The molecule has 0 aliphatic carbocycles. The van der Waals surface area contributed by atoms with Gasteiger partial charge in [0.2, 0.25) is 0 Å². The number of anilines is 1. The maximum absolute atomic E-state index is 12.0. The molecule has 1 heterocycles. The topological polar surface area (TPSA) is 67.9 Å². The molecule has 6 nitrogen and oxygen atoms in total. The molecule has 0 amide bonds. The van der Waals surface area contributed by atoms with E-state index in [9.17, 15) is 8.42 Å². The summed E-state index contributed by atoms with van der Waals surface area (Å²) in [6.45, 7) is 0.514. The smallest absolute Gasteiger partial charge is 0.174 e. The van der Waals surface area contributed by atoms with Crippen molar-refractivity contribution in [1.82, 2.24) is 4.90 Å². The molecule has 28 heavy (non-hydrogen) atoms. The number of nitrogens with zero attached hydrogens (tertiary/aromatic N) is 1. The second-order valence-electron chi connectivity index (χ2n) is 6.69. The molecule has 0 aromatic heterocycles. The molecule has 1 atom stereocenters. The van der Waals surface area contributed by atoms with Crippen LogP contribution in [0.3, 0.4) is 0 Å². The molecule has 2 aromatic rings. The van der Waals surface area contributed by atoms with Crippen LogP contribution in [-0.2, 0) is 16.4 Å². The van der Waals surface area contributed by atoms with E-state index in [0.29, 0.717) is 18.1 Å². The van der Waals surface area contributed by atoms with Crippen LogP contribution in [0.1, 0.15) is 12.0 Å². The predicted molar refractivity (Wildman–Crippen MR) is 115 cm³/mol. The minimum absolute atomic E-state index is 0.114. The number of nitrogens with one attached hydrogen (secondary N) is 1. The first-order chi connectivity index (χ1) is 13.4. The Morgan fingerprint density at radius 2 is 1.86 bits per heavy atom. The molecule has 1 aliphatic rings. The minimum Gasteiger partial charge on any atom is -0.497 e. The molecule has 0 saturated carbocycles. The van der Waals surface area contributed by atoms with Gasteiger partial charge in [0.15, 0.2) is 14.9 Å². The summed E-state index contributed by atoms with van der Waals surface area (Å²) in [7, 11) is 0.201. The van der Waals surface area contributed by atoms with E-state index < -0.39 is 9.84 Å². The second kappa shape index (κ2) is 8.79. The lowest BCUT2D eigenvalue weighted by Gasteiger charge is -2.31. The van der Waals surface area contributed by atoms with Crippen molar-refractivity contribution in [2.24, 2.45) is 0 Å². The summed E-state index contributed by atoms with van der Waals surface area (Å²) in [5.41, 5.74) is 1.82. The van der Waals surface area contributed by atoms with Gasteiger partial charge in [0, 0.05) is 24.3 Å². The molecule has 150 valence electrons. The first-order valence-electron chi connectivity index (χ1n) is 8.95. The fraction of sp³-hybridized carbons (Fsp3) is 0.350. The summed E-state index contributed by atoms with van der Waals surface area (Å²) < 4.78 is 34.5. The molecule has 0 spiro atoms. The first kappa shape index (κ1) is 20.4. The van der Waals surface area contributed by atoms with Crippen molar-refractivity contribution < 1.29 is 17.9 Å². The number of benzene rings is 2. The van der Waals surface area contributed by atoms with Gasteiger partial charge in [-0.15, -0.1) is 0 Å². The number of sulfone groups is 1. The van der Waals surface area contributed by atoms with Crippen LogP contribution in [0.4, 0.5) is 5.69 Å². The number of thiocarbonyl (C=S) groups is 1. The third-order valence-corrected chi connectivity index (χ3v) is 6.83. The van der Waals surface area contributed by atoms with Gasteiger partial charge in [-0.05, 0) is 48.5 Å². The lowest BCUT2D eigenvalue weighted by molar-refractivity contribution is 0.332. The zero-order chi connectivity index (χ0) is 20.1. The zero-order valence-corrected chi connectivity index (χ0v) is 17.6. The van der Waals surface area contributed by atoms with Crippen molar-refractivity contribution in [2.75, 3.05) is 31.0 Å². The maximum atomic E-state index is 12.0. The van der Waals surface area contributed by atoms with Gasteiger partial charge in [0.05, 0.1) is 25.7 Å². The summed E-state index contributed by atoms with van der Waals surface area (Å²) in [6, 6.07) is 15.0. The first-order valence-corrected chi connectivity index (χ1v) is 11.2. The Hall–Kier alpha value is -2.32. The molecule has 1 fully saturated rings. The van der Waals surface area contributed by atoms with Gasteiger partial charge in [0.25, 0.3) is 0 Å². The van der Waals surface area contributed by atoms with Crippen LogP contribution in [0.2, 0.25) is 0 Å². The summed E-state index contributed by atoms with van der Waals surface area (Å²) in [5.74, 6) is 1.80. The number of ether oxygens (including phenoxy) is 2. The largest absolute Gasteiger partial charge is 0.497 e. The van der Waals surface area contributed by atoms with Crippen LogP contribution < -0.4 is 14.8 Å². The van der Waals surface area contributed by atoms with Gasteiger partial charge < -0.3 is 19.7 Å². The Bertz CT molecular complexity index is 929. The lowest BCUT2D eigenvalue weighted by atomic mass is 10.1. The SMILES string of the molecule is COc1ccc(CN(C(=S)Nc2cccc(OC)c2)[C@H]2CCS(=O)(=O)C2)cc1. The average molecular weight is 421 g/mol. The fourth-order valence-corrected chi connectivity index (χ4v) is 5.27. The monoisotopic (exact) mass is 420 g/mol. The maximum Gasteiger partial charge on any atom is 0.174 e. The Labute approximate surface area is 171 Å². The molecular formula is C20H24N2O4S2. The van der Waals surface area contributed by atoms with Gasteiger partial charge in [0.1, 0.15) is 11.5 Å². The third kappa shape index (κ3) is 5.14. The lowest BCUT2D eigenvalue weighted by Crippen LogP contribution is -2.43. The minimum atomic E-state index is -3.03. The molecule has 3 rings (SSSR count). The highest BCUT2D eigenvalue weighted by atomic mass is 32.2. The molecular weight excluding hydrogens is 396 g/mol. The van der Waals surface area contributed by atoms with Crippen LogP contribution in [0.5, 0.6) is 11.5 Å². The van der Waals surface area contributed by atoms with E-state index in [-0.39, 0.29) is 17.5 Å². The highest BCUT2D eigenvalue weighted by Gasteiger charge is 2.33. The molecule has 8 heteroatoms. The Balaban J connectivity index is 1.81. The Morgan fingerprint density at radius 1 is 1.14 bits per heavy atom. The summed E-state index contributed by atoms with van der Waals surface area (Å²) in [5, 5.41) is 3.71. The van der Waals surface area contributed by atoms with Gasteiger partial charge in [-0.25, -0.2) is 8.42 Å². The molecule has 0 bridgehead atoms. The van der Waals surface area contributed by atoms with Gasteiger partial charge in [-0.2, -0.15) is 0 Å². The molecule has 1 saturated heterocycles. The summed E-state index contributed by atoms with van der Waals surface area (Å²) in [4.78, 5) is 1.96. The second-order valence-corrected chi connectivity index (χ2v) is 9.31. The molecule has 1 aliphatic heterocycles. The van der Waals surface area contributed by atoms with E-state index in [0.717, 1.165) is 22.7 Å². The van der Waals surface area contributed by atoms with Crippen LogP contribution in [-0.4, -0.2) is 50.2 Å². The fourth-order valence-electron chi connectivity index (χ4n) is 3.21. The average Bonchev–Trinajstić information content (AvgIpc) is 3.06. The van der Waals surface area contributed by atoms with E-state index in [2.05, 4.69) is 5.32 Å². The Kier molecular flexibility index (Phi) is 6.41. The van der Waals surface area contributed by atoms with E-state index in [4.69, 9.17) is 21.7 Å². The summed E-state index contributed by atoms with van der Waals surface area (Å²) >= 11 is 5.65. The van der Waals surface area contributed by atoms with Crippen molar-refractivity contribution >= 4 is 32.9 Å². The van der Waals surface area contributed by atoms with Crippen LogP contribution in [0, 0.1) is 0 Å². The number of hydrogen-bond acceptors (Lipinski definition) is 5. The van der Waals surface area contributed by atoms with E-state index in [1.807, 2.05) is 53.4 Å². The van der Waals surface area contributed by atoms with Crippen LogP contribution in [0.15, 0.2) is 48.5 Å². The standard InChI is InChI=1S/C20H24N2O4S2/c1-25-18-8-6-15(7-9-18)13-22(17-10-11-28(23,24)14-17)20(27)21-16-4-3-5-19(12-16)26-2/h3-9,12,17H,10-11,13-14H2,1-2H3,(H,21,27)/t17-/m0/s1. The normalized spacial score (nSPS) is 17.7. The molecule has 0 radical (unpaired) electrons. The van der Waals surface area contributed by atoms with Gasteiger partial charge >= 0.3 is 0 Å². The highest BCUT2D eigenvalue weighted by molar-refractivity contribution is 7.91. The highest BCUT2D eigenvalue weighted by Crippen LogP contribution is 2.23. The predicted octanol–water partition coefficient (Wildman–Crippen LogP) is 3.09. The molecule has 0 unspecified atom stereocenters. The number of methoxy groups -OCH3 is 2. The van der Waals surface area contributed by atoms with Crippen molar-refractivity contribution in [1.29, 1.82) is 0 Å². The van der Waals surface area contributed by atoms with Crippen molar-refractivity contribution in [3.8, 4) is 11.5 Å². The number of hydrogen-bond donors (Lipinski definition) is 1. The van der Waals surface area contributed by atoms with Gasteiger partial charge in [-0.3, -0.25) is 0 Å². The van der Waals surface area contributed by atoms with E-state index in [1.54, 1.807) is 14.2 Å².